The zero-order chi connectivity index (χ0) is 29.6. The molecule has 2 fully saturated rings. The lowest BCUT2D eigenvalue weighted by atomic mass is 10.1. The largest absolute Gasteiger partial charge is 0.433 e. The molecule has 2 N–H and O–H groups in total. The summed E-state index contributed by atoms with van der Waals surface area (Å²) in [6, 6.07) is 12.0. The summed E-state index contributed by atoms with van der Waals surface area (Å²) in [4.78, 5) is 28.0. The molecule has 4 aromatic rings. The van der Waals surface area contributed by atoms with Crippen LogP contribution < -0.4 is 14.9 Å². The van der Waals surface area contributed by atoms with Crippen LogP contribution in [0.5, 0.6) is 0 Å². The molecule has 14 heteroatoms. The van der Waals surface area contributed by atoms with Gasteiger partial charge in [-0.25, -0.2) is 23.1 Å². The highest BCUT2D eigenvalue weighted by molar-refractivity contribution is 7.90. The van der Waals surface area contributed by atoms with Crippen LogP contribution in [0.15, 0.2) is 54.7 Å². The molecule has 0 atom stereocenters. The van der Waals surface area contributed by atoms with Crippen molar-refractivity contribution in [1.82, 2.24) is 19.7 Å². The van der Waals surface area contributed by atoms with Gasteiger partial charge in [0.05, 0.1) is 21.4 Å². The lowest BCUT2D eigenvalue weighted by molar-refractivity contribution is -0.141. The van der Waals surface area contributed by atoms with Crippen molar-refractivity contribution in [3.05, 3.63) is 76.6 Å². The number of anilines is 2. The quantitative estimate of drug-likeness (QED) is 0.272. The Morgan fingerprint density at radius 1 is 1.05 bits per heavy atom. The molecule has 9 nitrogen and oxygen atoms in total. The fourth-order valence-corrected chi connectivity index (χ4v) is 6.08. The van der Waals surface area contributed by atoms with Crippen LogP contribution in [-0.2, 0) is 22.7 Å². The van der Waals surface area contributed by atoms with Crippen LogP contribution in [0.1, 0.15) is 40.9 Å². The van der Waals surface area contributed by atoms with E-state index in [9.17, 15) is 26.4 Å². The zero-order valence-corrected chi connectivity index (χ0v) is 23.5. The topological polar surface area (TPSA) is 117 Å². The van der Waals surface area contributed by atoms with E-state index in [0.717, 1.165) is 37.2 Å². The Balaban J connectivity index is 1.28. The van der Waals surface area contributed by atoms with E-state index in [4.69, 9.17) is 11.6 Å². The van der Waals surface area contributed by atoms with Gasteiger partial charge in [0.2, 0.25) is 10.0 Å². The Kier molecular flexibility index (Phi) is 7.27. The predicted octanol–water partition coefficient (Wildman–Crippen LogP) is 5.41. The first-order valence-electron chi connectivity index (χ1n) is 13.2. The minimum absolute atomic E-state index is 0.0318. The van der Waals surface area contributed by atoms with Crippen LogP contribution in [0.2, 0.25) is 5.02 Å². The molecule has 0 bridgehead atoms. The molecule has 1 saturated heterocycles. The number of fused-ring (bicyclic) bond motifs is 1. The summed E-state index contributed by atoms with van der Waals surface area (Å²) >= 11 is 6.31. The van der Waals surface area contributed by atoms with E-state index >= 15 is 0 Å². The number of alkyl halides is 3. The Morgan fingerprint density at radius 3 is 2.48 bits per heavy atom. The molecule has 0 spiro atoms. The molecular formula is C28H24ClF3N6O3S. The van der Waals surface area contributed by atoms with Crippen LogP contribution in [-0.4, -0.2) is 47.6 Å². The molecule has 1 aliphatic heterocycles. The molecule has 2 aromatic heterocycles. The Bertz CT molecular complexity index is 1790. The van der Waals surface area contributed by atoms with Gasteiger partial charge in [0.15, 0.2) is 5.82 Å². The van der Waals surface area contributed by atoms with Crippen molar-refractivity contribution >= 4 is 49.9 Å². The lowest BCUT2D eigenvalue weighted by Gasteiger charge is -2.33. The number of aromatic nitrogens is 3. The third-order valence-electron chi connectivity index (χ3n) is 7.12. The summed E-state index contributed by atoms with van der Waals surface area (Å²) in [5.74, 6) is 0.345. The second-order valence-electron chi connectivity index (χ2n) is 10.2. The number of rotatable bonds is 8. The molecule has 6 rings (SSSR count). The normalized spacial score (nSPS) is 15.5. The summed E-state index contributed by atoms with van der Waals surface area (Å²) in [6.45, 7) is 1.59. The van der Waals surface area contributed by atoms with Crippen molar-refractivity contribution in [2.75, 3.05) is 23.3 Å². The Labute approximate surface area is 244 Å². The Morgan fingerprint density at radius 2 is 1.83 bits per heavy atom. The SMILES string of the molecule is O=C(Nc1ccc2c(N3CCC3)nc(-c3ccc(C(F)(F)F)nc3)nc2c1)c1cc(CNS(=O)(=O)C2CC2)ccc1Cl. The highest BCUT2D eigenvalue weighted by Gasteiger charge is 2.35. The molecular weight excluding hydrogens is 593 g/mol. The number of benzene rings is 2. The lowest BCUT2D eigenvalue weighted by Crippen LogP contribution is -2.37. The van der Waals surface area contributed by atoms with E-state index < -0.39 is 27.8 Å². The highest BCUT2D eigenvalue weighted by atomic mass is 35.5. The van der Waals surface area contributed by atoms with Gasteiger partial charge >= 0.3 is 6.18 Å². The smallest absolute Gasteiger partial charge is 0.356 e. The number of carbonyl (C=O) groups is 1. The first kappa shape index (κ1) is 28.3. The first-order valence-corrected chi connectivity index (χ1v) is 15.1. The maximum Gasteiger partial charge on any atom is 0.433 e. The van der Waals surface area contributed by atoms with Crippen molar-refractivity contribution in [2.24, 2.45) is 0 Å². The molecule has 0 unspecified atom stereocenters. The second-order valence-corrected chi connectivity index (χ2v) is 12.7. The van der Waals surface area contributed by atoms with E-state index in [1.54, 1.807) is 24.3 Å². The molecule has 3 heterocycles. The second kappa shape index (κ2) is 10.8. The van der Waals surface area contributed by atoms with Gasteiger partial charge in [-0.3, -0.25) is 9.78 Å². The number of hydrogen-bond acceptors (Lipinski definition) is 7. The predicted molar refractivity (Wildman–Crippen MR) is 153 cm³/mol. The molecule has 0 radical (unpaired) electrons. The summed E-state index contributed by atoms with van der Waals surface area (Å²) < 4.78 is 66.0. The van der Waals surface area contributed by atoms with Gasteiger partial charge in [0.1, 0.15) is 11.5 Å². The summed E-state index contributed by atoms with van der Waals surface area (Å²) in [6.07, 6.45) is -1.20. The van der Waals surface area contributed by atoms with Crippen molar-refractivity contribution in [2.45, 2.75) is 37.2 Å². The van der Waals surface area contributed by atoms with Gasteiger partial charge in [0.25, 0.3) is 5.91 Å². The van der Waals surface area contributed by atoms with E-state index in [1.165, 1.54) is 18.2 Å². The number of nitrogens with one attached hydrogen (secondary N) is 2. The van der Waals surface area contributed by atoms with Gasteiger partial charge in [0, 0.05) is 42.5 Å². The summed E-state index contributed by atoms with van der Waals surface area (Å²) in [7, 11) is -3.39. The van der Waals surface area contributed by atoms with Crippen LogP contribution in [0.25, 0.3) is 22.3 Å². The fraction of sp³-hybridized carbons (Fsp3) is 0.286. The highest BCUT2D eigenvalue weighted by Crippen LogP contribution is 2.33. The van der Waals surface area contributed by atoms with Crippen LogP contribution in [0.3, 0.4) is 0 Å². The molecule has 2 aromatic carbocycles. The monoisotopic (exact) mass is 616 g/mol. The van der Waals surface area contributed by atoms with Crippen molar-refractivity contribution < 1.29 is 26.4 Å². The Hall–Kier alpha value is -3.81. The number of sulfonamides is 1. The average Bonchev–Trinajstić information content (AvgIpc) is 3.78. The van der Waals surface area contributed by atoms with Gasteiger partial charge in [-0.2, -0.15) is 13.2 Å². The van der Waals surface area contributed by atoms with Crippen LogP contribution in [0, 0.1) is 0 Å². The number of halogens is 4. The minimum Gasteiger partial charge on any atom is -0.356 e. The maximum absolute atomic E-state index is 13.2. The summed E-state index contributed by atoms with van der Waals surface area (Å²) in [5, 5.41) is 3.36. The van der Waals surface area contributed by atoms with E-state index in [2.05, 4.69) is 25.0 Å². The summed E-state index contributed by atoms with van der Waals surface area (Å²) in [5.41, 5.74) is 0.946. The van der Waals surface area contributed by atoms with Gasteiger partial charge < -0.3 is 10.2 Å². The molecule has 1 aliphatic carbocycles. The molecule has 1 saturated carbocycles. The average molecular weight is 617 g/mol. The van der Waals surface area contributed by atoms with Crippen molar-refractivity contribution in [3.8, 4) is 11.4 Å². The molecule has 1 amide bonds. The van der Waals surface area contributed by atoms with E-state index in [1.807, 2.05) is 4.90 Å². The van der Waals surface area contributed by atoms with E-state index in [0.29, 0.717) is 41.0 Å². The van der Waals surface area contributed by atoms with Gasteiger partial charge in [-0.15, -0.1) is 0 Å². The number of nitrogens with zero attached hydrogens (tertiary/aromatic N) is 4. The fourth-order valence-electron chi connectivity index (χ4n) is 4.52. The van der Waals surface area contributed by atoms with Gasteiger partial charge in [-0.05, 0) is 67.3 Å². The van der Waals surface area contributed by atoms with Gasteiger partial charge in [-0.1, -0.05) is 17.7 Å². The van der Waals surface area contributed by atoms with Crippen molar-refractivity contribution in [3.63, 3.8) is 0 Å². The van der Waals surface area contributed by atoms with Crippen molar-refractivity contribution in [1.29, 1.82) is 0 Å². The minimum atomic E-state index is -4.56. The molecule has 2 aliphatic rings. The maximum atomic E-state index is 13.2. The first-order chi connectivity index (χ1) is 20.0. The standard InChI is InChI=1S/C28H24ClF3N6O3S/c29-22-8-2-16(14-34-42(40,41)19-5-6-19)12-21(22)27(39)35-18-4-7-20-23(13-18)36-25(37-26(20)38-10-1-11-38)17-3-9-24(33-15-17)28(30,31)32/h2-4,7-9,12-13,15,19,34H,1,5-6,10-11,14H2,(H,35,39). The van der Waals surface area contributed by atoms with E-state index in [-0.39, 0.29) is 28.2 Å². The third kappa shape index (κ3) is 5.90. The number of carbonyl (C=O) groups excluding carboxylic acids is 1. The third-order valence-corrected chi connectivity index (χ3v) is 9.34. The number of hydrogen-bond donors (Lipinski definition) is 2. The number of pyridine rings is 1. The molecule has 218 valence electrons. The zero-order valence-electron chi connectivity index (χ0n) is 21.9. The number of amides is 1. The van der Waals surface area contributed by atoms with Crippen LogP contribution >= 0.6 is 11.6 Å². The van der Waals surface area contributed by atoms with Crippen LogP contribution in [0.4, 0.5) is 24.7 Å². The molecule has 42 heavy (non-hydrogen) atoms.